The number of benzene rings is 2. The number of rotatable bonds is 4. The van der Waals surface area contributed by atoms with Gasteiger partial charge in [0.1, 0.15) is 0 Å². The van der Waals surface area contributed by atoms with Crippen molar-refractivity contribution in [3.63, 3.8) is 0 Å². The van der Waals surface area contributed by atoms with Crippen molar-refractivity contribution in [3.05, 3.63) is 54.1 Å². The Hall–Kier alpha value is -2.24. The number of hydrogen-bond donors (Lipinski definition) is 0. The maximum Gasteiger partial charge on any atom is 0.238 e. The Morgan fingerprint density at radius 2 is 1.96 bits per heavy atom. The van der Waals surface area contributed by atoms with E-state index in [0.29, 0.717) is 19.1 Å². The summed E-state index contributed by atoms with van der Waals surface area (Å²) in [4.78, 5) is 19.7. The van der Waals surface area contributed by atoms with Crippen LogP contribution in [0.5, 0.6) is 0 Å². The Kier molecular flexibility index (Phi) is 4.74. The van der Waals surface area contributed by atoms with Gasteiger partial charge in [-0.3, -0.25) is 9.69 Å². The summed E-state index contributed by atoms with van der Waals surface area (Å²) in [5.74, 6) is 0.421. The molecule has 3 aromatic rings. The lowest BCUT2D eigenvalue weighted by Crippen LogP contribution is -2.32. The molecule has 26 heavy (non-hydrogen) atoms. The van der Waals surface area contributed by atoms with Gasteiger partial charge >= 0.3 is 0 Å². The van der Waals surface area contributed by atoms with Gasteiger partial charge in [-0.25, -0.2) is 4.98 Å². The van der Waals surface area contributed by atoms with Crippen molar-refractivity contribution >= 4 is 38.3 Å². The normalized spacial score (nSPS) is 17.1. The van der Waals surface area contributed by atoms with Crippen LogP contribution in [0.25, 0.3) is 10.2 Å². The number of carbonyl (C=O) groups excluding carboxylic acids is 1. The van der Waals surface area contributed by atoms with Crippen molar-refractivity contribution < 1.29 is 9.53 Å². The zero-order chi connectivity index (χ0) is 18.1. The van der Waals surface area contributed by atoms with Gasteiger partial charge in [0, 0.05) is 6.61 Å². The Morgan fingerprint density at radius 1 is 1.19 bits per heavy atom. The quantitative estimate of drug-likeness (QED) is 0.643. The van der Waals surface area contributed by atoms with E-state index in [1.807, 2.05) is 36.4 Å². The summed E-state index contributed by atoms with van der Waals surface area (Å²) < 4.78 is 6.53. The highest BCUT2D eigenvalue weighted by atomic mass is 32.1. The molecule has 1 aliphatic heterocycles. The summed E-state index contributed by atoms with van der Waals surface area (Å²) in [7, 11) is 0. The summed E-state index contributed by atoms with van der Waals surface area (Å²) in [6.07, 6.45) is 0.768. The Morgan fingerprint density at radius 3 is 2.62 bits per heavy atom. The van der Waals surface area contributed by atoms with E-state index >= 15 is 0 Å². The lowest BCUT2D eigenvalue weighted by molar-refractivity contribution is -0.121. The Labute approximate surface area is 157 Å². The highest BCUT2D eigenvalue weighted by molar-refractivity contribution is 7.22. The fourth-order valence-corrected chi connectivity index (χ4v) is 4.20. The number of fused-ring (bicyclic) bond motifs is 1. The molecule has 1 unspecified atom stereocenters. The van der Waals surface area contributed by atoms with Crippen LogP contribution in [0.2, 0.25) is 0 Å². The van der Waals surface area contributed by atoms with E-state index in [0.717, 1.165) is 27.5 Å². The van der Waals surface area contributed by atoms with Gasteiger partial charge in [0.25, 0.3) is 0 Å². The molecule has 4 nitrogen and oxygen atoms in total. The van der Waals surface area contributed by atoms with Crippen molar-refractivity contribution in [1.29, 1.82) is 0 Å². The number of thiazole rings is 1. The molecule has 0 N–H and O–H groups in total. The molecule has 4 rings (SSSR count). The number of aromatic nitrogens is 1. The molecule has 1 amide bonds. The molecule has 0 aliphatic carbocycles. The summed E-state index contributed by atoms with van der Waals surface area (Å²) in [5, 5.41) is 0.723. The summed E-state index contributed by atoms with van der Waals surface area (Å²) in [6.45, 7) is 5.48. The van der Waals surface area contributed by atoms with Crippen LogP contribution in [0, 0.1) is 5.92 Å². The second-order valence-corrected chi connectivity index (χ2v) is 7.95. The number of carbonyl (C=O) groups is 1. The van der Waals surface area contributed by atoms with Crippen LogP contribution < -0.4 is 4.90 Å². The topological polar surface area (TPSA) is 42.4 Å². The third-order valence-electron chi connectivity index (χ3n) is 4.79. The van der Waals surface area contributed by atoms with Gasteiger partial charge in [0.15, 0.2) is 5.13 Å². The number of nitrogens with zero attached hydrogens (tertiary/aromatic N) is 2. The minimum atomic E-state index is -0.105. The molecule has 0 radical (unpaired) electrons. The van der Waals surface area contributed by atoms with Gasteiger partial charge in [-0.2, -0.15) is 0 Å². The maximum atomic E-state index is 13.3. The molecule has 2 heterocycles. The number of hydrogen-bond acceptors (Lipinski definition) is 4. The van der Waals surface area contributed by atoms with Crippen molar-refractivity contribution in [2.45, 2.75) is 26.2 Å². The Balaban J connectivity index is 1.76. The predicted molar refractivity (Wildman–Crippen MR) is 106 cm³/mol. The van der Waals surface area contributed by atoms with Crippen LogP contribution in [0.1, 0.15) is 31.7 Å². The largest absolute Gasteiger partial charge is 0.381 e. The smallest absolute Gasteiger partial charge is 0.238 e. The molecule has 1 atom stereocenters. The fourth-order valence-electron chi connectivity index (χ4n) is 3.21. The lowest BCUT2D eigenvalue weighted by atomic mass is 10.0. The van der Waals surface area contributed by atoms with E-state index in [9.17, 15) is 4.79 Å². The molecule has 2 aromatic carbocycles. The van der Waals surface area contributed by atoms with Crippen LogP contribution in [0.15, 0.2) is 48.5 Å². The van der Waals surface area contributed by atoms with Crippen molar-refractivity contribution in [1.82, 2.24) is 4.98 Å². The summed E-state index contributed by atoms with van der Waals surface area (Å²) in [6, 6.07) is 16.2. The lowest BCUT2D eigenvalue weighted by Gasteiger charge is -2.23. The van der Waals surface area contributed by atoms with Gasteiger partial charge in [0.05, 0.1) is 28.4 Å². The van der Waals surface area contributed by atoms with Gasteiger partial charge in [-0.1, -0.05) is 49.4 Å². The number of amides is 1. The Bertz CT molecular complexity index is 878. The van der Waals surface area contributed by atoms with Crippen LogP contribution >= 0.6 is 11.3 Å². The van der Waals surface area contributed by atoms with E-state index in [2.05, 4.69) is 26.0 Å². The molecule has 0 saturated carbocycles. The van der Waals surface area contributed by atoms with Gasteiger partial charge in [-0.15, -0.1) is 0 Å². The first-order valence-corrected chi connectivity index (χ1v) is 9.82. The van der Waals surface area contributed by atoms with Gasteiger partial charge < -0.3 is 4.74 Å². The van der Waals surface area contributed by atoms with E-state index < -0.39 is 0 Å². The van der Waals surface area contributed by atoms with Crippen LogP contribution in [0.3, 0.4) is 0 Å². The van der Waals surface area contributed by atoms with Gasteiger partial charge in [-0.05, 0) is 42.2 Å². The summed E-state index contributed by atoms with van der Waals surface area (Å²) >= 11 is 1.55. The zero-order valence-electron chi connectivity index (χ0n) is 15.0. The molecule has 0 spiro atoms. The highest BCUT2D eigenvalue weighted by Crippen LogP contribution is 2.36. The zero-order valence-corrected chi connectivity index (χ0v) is 15.8. The summed E-state index contributed by atoms with van der Waals surface area (Å²) in [5.41, 5.74) is 3.05. The van der Waals surface area contributed by atoms with E-state index in [4.69, 9.17) is 9.72 Å². The standard InChI is InChI=1S/C21H22N2O2S/c1-14(2)15-7-9-17(10-8-15)23(20(24)16-11-12-25-13-16)21-22-18-5-3-4-6-19(18)26-21/h3-10,14,16H,11-13H2,1-2H3. The van der Waals surface area contributed by atoms with E-state index in [1.54, 1.807) is 16.2 Å². The van der Waals surface area contributed by atoms with Gasteiger partial charge in [0.2, 0.25) is 5.91 Å². The fraction of sp³-hybridized carbons (Fsp3) is 0.333. The minimum Gasteiger partial charge on any atom is -0.381 e. The first-order valence-electron chi connectivity index (χ1n) is 9.01. The number of ether oxygens (including phenoxy) is 1. The second kappa shape index (κ2) is 7.17. The molecule has 134 valence electrons. The first kappa shape index (κ1) is 17.2. The average Bonchev–Trinajstić information content (AvgIpc) is 3.32. The second-order valence-electron chi connectivity index (χ2n) is 6.94. The first-order chi connectivity index (χ1) is 12.6. The molecule has 1 fully saturated rings. The number of para-hydroxylation sites is 1. The molecule has 5 heteroatoms. The predicted octanol–water partition coefficient (Wildman–Crippen LogP) is 5.12. The maximum absolute atomic E-state index is 13.3. The van der Waals surface area contributed by atoms with Crippen molar-refractivity contribution in [3.8, 4) is 0 Å². The van der Waals surface area contributed by atoms with Crippen LogP contribution in [-0.4, -0.2) is 24.1 Å². The average molecular weight is 366 g/mol. The minimum absolute atomic E-state index is 0.0684. The number of anilines is 2. The third-order valence-corrected chi connectivity index (χ3v) is 5.81. The molecule has 1 aliphatic rings. The van der Waals surface area contributed by atoms with Crippen LogP contribution in [-0.2, 0) is 9.53 Å². The van der Waals surface area contributed by atoms with E-state index in [1.165, 1.54) is 5.56 Å². The molecule has 0 bridgehead atoms. The molecule has 1 aromatic heterocycles. The van der Waals surface area contributed by atoms with Crippen LogP contribution in [0.4, 0.5) is 10.8 Å². The molecule has 1 saturated heterocycles. The molecular weight excluding hydrogens is 344 g/mol. The SMILES string of the molecule is CC(C)c1ccc(N(C(=O)C2CCOC2)c2nc3ccccc3s2)cc1. The monoisotopic (exact) mass is 366 g/mol. The molecular formula is C21H22N2O2S. The third kappa shape index (κ3) is 3.24. The van der Waals surface area contributed by atoms with E-state index in [-0.39, 0.29) is 11.8 Å². The van der Waals surface area contributed by atoms with Crippen molar-refractivity contribution in [2.75, 3.05) is 18.1 Å². The van der Waals surface area contributed by atoms with Crippen molar-refractivity contribution in [2.24, 2.45) is 5.92 Å². The highest BCUT2D eigenvalue weighted by Gasteiger charge is 2.31.